The number of ether oxygens (including phenoxy) is 2. The number of halogens is 2. The first kappa shape index (κ1) is 19.7. The molecule has 7 nitrogen and oxygen atoms in total. The van der Waals surface area contributed by atoms with Gasteiger partial charge in [0, 0.05) is 19.2 Å². The lowest BCUT2D eigenvalue weighted by Crippen LogP contribution is -2.04. The number of carboxylic acids is 1. The molecule has 0 saturated carbocycles. The standard InChI is InChI=1S/C21H15ClFN3O4/c1-26-18-9-20(30-14-5-6-15(22)16(23)8-14)24-10-17(18)25-19(26)11-29-13-4-2-3-12(7-13)21(27)28/h2-10H,11H2,1H3,(H,27,28). The Morgan fingerprint density at radius 1 is 1.20 bits per heavy atom. The van der Waals surface area contributed by atoms with Gasteiger partial charge in [-0.05, 0) is 30.3 Å². The van der Waals surface area contributed by atoms with Crippen molar-refractivity contribution >= 4 is 28.6 Å². The molecule has 2 aromatic carbocycles. The first-order chi connectivity index (χ1) is 14.4. The first-order valence-corrected chi connectivity index (χ1v) is 9.19. The van der Waals surface area contributed by atoms with Gasteiger partial charge in [0.1, 0.15) is 35.3 Å². The van der Waals surface area contributed by atoms with E-state index in [2.05, 4.69) is 9.97 Å². The zero-order valence-electron chi connectivity index (χ0n) is 15.7. The van der Waals surface area contributed by atoms with Gasteiger partial charge in [0.15, 0.2) is 0 Å². The van der Waals surface area contributed by atoms with Crippen molar-refractivity contribution in [2.45, 2.75) is 6.61 Å². The Balaban J connectivity index is 1.54. The number of rotatable bonds is 6. The first-order valence-electron chi connectivity index (χ1n) is 8.81. The molecule has 0 aliphatic rings. The zero-order valence-corrected chi connectivity index (χ0v) is 16.4. The van der Waals surface area contributed by atoms with Crippen LogP contribution in [0.4, 0.5) is 4.39 Å². The quantitative estimate of drug-likeness (QED) is 0.474. The minimum absolute atomic E-state index is 0.0101. The smallest absolute Gasteiger partial charge is 0.335 e. The molecule has 0 atom stereocenters. The van der Waals surface area contributed by atoms with E-state index in [4.69, 9.17) is 26.2 Å². The number of fused-ring (bicyclic) bond motifs is 1. The molecule has 0 unspecified atom stereocenters. The number of benzene rings is 2. The normalized spacial score (nSPS) is 10.9. The second kappa shape index (κ2) is 8.00. The van der Waals surface area contributed by atoms with Crippen LogP contribution in [0.15, 0.2) is 54.7 Å². The lowest BCUT2D eigenvalue weighted by Gasteiger charge is -2.07. The van der Waals surface area contributed by atoms with E-state index in [1.54, 1.807) is 30.5 Å². The molecule has 9 heteroatoms. The molecule has 30 heavy (non-hydrogen) atoms. The molecule has 4 rings (SSSR count). The van der Waals surface area contributed by atoms with Gasteiger partial charge in [-0.2, -0.15) is 0 Å². The van der Waals surface area contributed by atoms with Gasteiger partial charge in [-0.1, -0.05) is 17.7 Å². The van der Waals surface area contributed by atoms with Crippen LogP contribution < -0.4 is 9.47 Å². The molecule has 0 amide bonds. The number of aromatic carboxylic acids is 1. The maximum atomic E-state index is 13.6. The number of carbonyl (C=O) groups is 1. The molecular weight excluding hydrogens is 413 g/mol. The second-order valence-corrected chi connectivity index (χ2v) is 6.81. The van der Waals surface area contributed by atoms with Crippen LogP contribution in [0.5, 0.6) is 17.4 Å². The number of pyridine rings is 1. The highest BCUT2D eigenvalue weighted by molar-refractivity contribution is 6.30. The van der Waals surface area contributed by atoms with Crippen LogP contribution in [-0.4, -0.2) is 25.6 Å². The highest BCUT2D eigenvalue weighted by atomic mass is 35.5. The molecule has 0 bridgehead atoms. The number of hydrogen-bond acceptors (Lipinski definition) is 5. The third kappa shape index (κ3) is 4.04. The Bertz CT molecular complexity index is 1260. The summed E-state index contributed by atoms with van der Waals surface area (Å²) in [6.07, 6.45) is 1.55. The number of hydrogen-bond donors (Lipinski definition) is 1. The van der Waals surface area contributed by atoms with E-state index in [9.17, 15) is 9.18 Å². The van der Waals surface area contributed by atoms with Crippen LogP contribution in [0, 0.1) is 5.82 Å². The monoisotopic (exact) mass is 427 g/mol. The highest BCUT2D eigenvalue weighted by Gasteiger charge is 2.12. The SMILES string of the molecule is Cn1c(COc2cccc(C(=O)O)c2)nc2cnc(Oc3ccc(Cl)c(F)c3)cc21. The van der Waals surface area contributed by atoms with E-state index in [0.29, 0.717) is 17.1 Å². The minimum Gasteiger partial charge on any atom is -0.486 e. The average Bonchev–Trinajstić information content (AvgIpc) is 3.05. The Kier molecular flexibility index (Phi) is 5.24. The van der Waals surface area contributed by atoms with Crippen LogP contribution in [0.2, 0.25) is 5.02 Å². The van der Waals surface area contributed by atoms with Crippen molar-refractivity contribution in [3.05, 3.63) is 77.0 Å². The van der Waals surface area contributed by atoms with Crippen molar-refractivity contribution in [1.82, 2.24) is 14.5 Å². The van der Waals surface area contributed by atoms with Gasteiger partial charge in [-0.25, -0.2) is 19.2 Å². The Morgan fingerprint density at radius 2 is 2.03 bits per heavy atom. The maximum absolute atomic E-state index is 13.6. The van der Waals surface area contributed by atoms with Crippen molar-refractivity contribution in [3.63, 3.8) is 0 Å². The molecule has 152 valence electrons. The number of carboxylic acid groups (broad SMARTS) is 1. The number of nitrogens with zero attached hydrogens (tertiary/aromatic N) is 3. The van der Waals surface area contributed by atoms with Gasteiger partial charge in [0.25, 0.3) is 0 Å². The summed E-state index contributed by atoms with van der Waals surface area (Å²) in [5.41, 5.74) is 1.51. The molecule has 0 fully saturated rings. The summed E-state index contributed by atoms with van der Waals surface area (Å²) in [6.45, 7) is 0.132. The van der Waals surface area contributed by atoms with E-state index in [1.165, 1.54) is 24.3 Å². The van der Waals surface area contributed by atoms with Gasteiger partial charge in [0.05, 0.1) is 22.3 Å². The lowest BCUT2D eigenvalue weighted by molar-refractivity contribution is 0.0696. The van der Waals surface area contributed by atoms with Crippen LogP contribution in [0.3, 0.4) is 0 Å². The molecule has 0 aliphatic carbocycles. The molecule has 2 aromatic heterocycles. The molecule has 0 radical (unpaired) electrons. The lowest BCUT2D eigenvalue weighted by atomic mass is 10.2. The third-order valence-electron chi connectivity index (χ3n) is 4.40. The molecule has 0 saturated heterocycles. The summed E-state index contributed by atoms with van der Waals surface area (Å²) in [5.74, 6) is -0.0257. The zero-order chi connectivity index (χ0) is 21.3. The highest BCUT2D eigenvalue weighted by Crippen LogP contribution is 2.27. The molecular formula is C21H15ClFN3O4. The van der Waals surface area contributed by atoms with Gasteiger partial charge < -0.3 is 19.1 Å². The van der Waals surface area contributed by atoms with Crippen LogP contribution in [0.1, 0.15) is 16.2 Å². The number of imidazole rings is 1. The van der Waals surface area contributed by atoms with Crippen molar-refractivity contribution in [2.24, 2.45) is 7.05 Å². The third-order valence-corrected chi connectivity index (χ3v) is 4.70. The molecule has 4 aromatic rings. The Morgan fingerprint density at radius 3 is 2.80 bits per heavy atom. The van der Waals surface area contributed by atoms with Crippen molar-refractivity contribution in [3.8, 4) is 17.4 Å². The maximum Gasteiger partial charge on any atom is 0.335 e. The summed E-state index contributed by atoms with van der Waals surface area (Å²) >= 11 is 5.68. The topological polar surface area (TPSA) is 86.5 Å². The fourth-order valence-electron chi connectivity index (χ4n) is 2.84. The molecule has 2 heterocycles. The van der Waals surface area contributed by atoms with Gasteiger partial charge in [-0.3, -0.25) is 0 Å². The van der Waals surface area contributed by atoms with E-state index >= 15 is 0 Å². The Hall–Kier alpha value is -3.65. The van der Waals surface area contributed by atoms with Crippen LogP contribution in [-0.2, 0) is 13.7 Å². The summed E-state index contributed by atoms with van der Waals surface area (Å²) in [4.78, 5) is 19.8. The molecule has 0 spiro atoms. The predicted molar refractivity (Wildman–Crippen MR) is 108 cm³/mol. The van der Waals surface area contributed by atoms with E-state index < -0.39 is 11.8 Å². The van der Waals surface area contributed by atoms with E-state index in [0.717, 1.165) is 5.52 Å². The van der Waals surface area contributed by atoms with Crippen molar-refractivity contribution in [1.29, 1.82) is 0 Å². The Labute approximate surface area is 175 Å². The average molecular weight is 428 g/mol. The summed E-state index contributed by atoms with van der Waals surface area (Å²) < 4.78 is 26.7. The van der Waals surface area contributed by atoms with E-state index in [-0.39, 0.29) is 28.8 Å². The largest absolute Gasteiger partial charge is 0.486 e. The van der Waals surface area contributed by atoms with Gasteiger partial charge >= 0.3 is 5.97 Å². The van der Waals surface area contributed by atoms with Gasteiger partial charge in [-0.15, -0.1) is 0 Å². The fourth-order valence-corrected chi connectivity index (χ4v) is 2.96. The summed E-state index contributed by atoms with van der Waals surface area (Å²) in [7, 11) is 1.81. The molecule has 0 aliphatic heterocycles. The van der Waals surface area contributed by atoms with Crippen LogP contribution in [0.25, 0.3) is 11.0 Å². The summed E-state index contributed by atoms with van der Waals surface area (Å²) in [6, 6.07) is 12.0. The molecule has 1 N–H and O–H groups in total. The second-order valence-electron chi connectivity index (χ2n) is 6.40. The van der Waals surface area contributed by atoms with Gasteiger partial charge in [0.2, 0.25) is 5.88 Å². The van der Waals surface area contributed by atoms with Crippen molar-refractivity contribution in [2.75, 3.05) is 0 Å². The fraction of sp³-hybridized carbons (Fsp3) is 0.0952. The predicted octanol–water partition coefficient (Wildman–Crippen LogP) is 4.83. The van der Waals surface area contributed by atoms with Crippen LogP contribution >= 0.6 is 11.6 Å². The van der Waals surface area contributed by atoms with Crippen molar-refractivity contribution < 1.29 is 23.8 Å². The summed E-state index contributed by atoms with van der Waals surface area (Å²) in [5, 5.41) is 9.09. The minimum atomic E-state index is -1.03. The number of aryl methyl sites for hydroxylation is 1. The van der Waals surface area contributed by atoms with E-state index in [1.807, 2.05) is 11.6 Å². The number of aromatic nitrogens is 3.